The Morgan fingerprint density at radius 2 is 0.708 bits per heavy atom. The molecule has 4 aromatic heterocycles. The first-order chi connectivity index (χ1) is 23.6. The van der Waals surface area contributed by atoms with Crippen molar-refractivity contribution in [3.63, 3.8) is 0 Å². The number of hydrogen-bond donors (Lipinski definition) is 0. The summed E-state index contributed by atoms with van der Waals surface area (Å²) in [7, 11) is 0. The maximum atomic E-state index is 9.08. The molecule has 7 aromatic rings. The summed E-state index contributed by atoms with van der Waals surface area (Å²) in [6, 6.07) is 38.4. The Kier molecular flexibility index (Phi) is 7.88. The zero-order valence-corrected chi connectivity index (χ0v) is 25.1. The second-order valence-electron chi connectivity index (χ2n) is 10.6. The van der Waals surface area contributed by atoms with Gasteiger partial charge in [0.25, 0.3) is 5.82 Å². The average Bonchev–Trinajstić information content (AvgIpc) is 3.18. The third kappa shape index (κ3) is 6.09. The van der Waals surface area contributed by atoms with Gasteiger partial charge in [0, 0.05) is 45.8 Å². The molecule has 48 heavy (non-hydrogen) atoms. The number of benzene rings is 3. The number of aromatic nitrogens is 6. The van der Waals surface area contributed by atoms with Gasteiger partial charge in [0.1, 0.15) is 29.7 Å². The molecule has 4 heterocycles. The van der Waals surface area contributed by atoms with Gasteiger partial charge < -0.3 is 4.85 Å². The van der Waals surface area contributed by atoms with Gasteiger partial charge in [-0.2, -0.15) is 10.5 Å². The van der Waals surface area contributed by atoms with Crippen molar-refractivity contribution >= 4 is 5.82 Å². The summed E-state index contributed by atoms with van der Waals surface area (Å²) < 4.78 is 0. The fourth-order valence-electron chi connectivity index (χ4n) is 5.08. The molecule has 0 N–H and O–H groups in total. The van der Waals surface area contributed by atoms with Gasteiger partial charge >= 0.3 is 0 Å². The van der Waals surface area contributed by atoms with E-state index in [1.165, 1.54) is 0 Å². The molecule has 222 valence electrons. The highest BCUT2D eigenvalue weighted by Gasteiger charge is 2.14. The van der Waals surface area contributed by atoms with Crippen molar-refractivity contribution in [3.8, 4) is 79.7 Å². The van der Waals surface area contributed by atoms with Crippen LogP contribution in [0.1, 0.15) is 11.4 Å². The Balaban J connectivity index is 1.26. The normalized spacial score (nSPS) is 10.4. The van der Waals surface area contributed by atoms with Gasteiger partial charge in [0.2, 0.25) is 0 Å². The topological polar surface area (TPSA) is 129 Å². The van der Waals surface area contributed by atoms with E-state index in [0.29, 0.717) is 34.7 Å². The van der Waals surface area contributed by atoms with Crippen LogP contribution in [-0.2, 0) is 0 Å². The highest BCUT2D eigenvalue weighted by atomic mass is 15.0. The van der Waals surface area contributed by atoms with Gasteiger partial charge in [-0.1, -0.05) is 85.4 Å². The Labute approximate surface area is 276 Å². The van der Waals surface area contributed by atoms with Crippen LogP contribution in [0.5, 0.6) is 0 Å². The SMILES string of the molecule is [C-]#[N+]c1ccc(-c2ccc(-c3nc(-c4ccc(-c5ccc(C#N)nc5)cc4)nc(-c4ccc(-c5ccc(C#N)nc5)cc4)n3)cc2)cn1. The number of hydrogen-bond acceptors (Lipinski definition) is 8. The van der Waals surface area contributed by atoms with Gasteiger partial charge in [-0.3, -0.25) is 0 Å². The van der Waals surface area contributed by atoms with E-state index in [0.717, 1.165) is 50.1 Å². The second kappa shape index (κ2) is 12.9. The summed E-state index contributed by atoms with van der Waals surface area (Å²) in [6.07, 6.45) is 5.06. The van der Waals surface area contributed by atoms with Gasteiger partial charge in [-0.15, -0.1) is 4.98 Å². The van der Waals surface area contributed by atoms with Gasteiger partial charge in [0.05, 0.1) is 0 Å². The highest BCUT2D eigenvalue weighted by Crippen LogP contribution is 2.30. The smallest absolute Gasteiger partial charge is 0.269 e. The highest BCUT2D eigenvalue weighted by molar-refractivity contribution is 5.73. The molecule has 3 aromatic carbocycles. The molecule has 9 heteroatoms. The summed E-state index contributed by atoms with van der Waals surface area (Å²) in [5, 5.41) is 18.2. The molecule has 0 fully saturated rings. The van der Waals surface area contributed by atoms with E-state index in [2.05, 4.69) is 19.8 Å². The zero-order valence-electron chi connectivity index (χ0n) is 25.1. The van der Waals surface area contributed by atoms with E-state index < -0.39 is 0 Å². The van der Waals surface area contributed by atoms with Crippen molar-refractivity contribution in [2.75, 3.05) is 0 Å². The number of rotatable bonds is 6. The van der Waals surface area contributed by atoms with Crippen molar-refractivity contribution in [1.82, 2.24) is 29.9 Å². The summed E-state index contributed by atoms with van der Waals surface area (Å²) in [6.45, 7) is 7.15. The van der Waals surface area contributed by atoms with Crippen molar-refractivity contribution in [2.45, 2.75) is 0 Å². The van der Waals surface area contributed by atoms with Gasteiger partial charge in [-0.25, -0.2) is 24.9 Å². The van der Waals surface area contributed by atoms with E-state index in [1.54, 1.807) is 36.8 Å². The second-order valence-corrected chi connectivity index (χ2v) is 10.6. The Morgan fingerprint density at radius 3 is 0.979 bits per heavy atom. The monoisotopic (exact) mass is 615 g/mol. The quantitative estimate of drug-likeness (QED) is 0.171. The minimum atomic E-state index is 0.351. The first-order valence-corrected chi connectivity index (χ1v) is 14.7. The molecule has 7 rings (SSSR count). The molecular weight excluding hydrogens is 594 g/mol. The Hall–Kier alpha value is -7.41. The fraction of sp³-hybridized carbons (Fsp3) is 0. The lowest BCUT2D eigenvalue weighted by molar-refractivity contribution is 1.07. The average molecular weight is 616 g/mol. The summed E-state index contributed by atoms with van der Waals surface area (Å²) in [5.74, 6) is 1.90. The fourth-order valence-corrected chi connectivity index (χ4v) is 5.08. The standard InChI is InChI=1S/C39H21N9/c1-42-36-19-16-33(24-45-36)27-6-12-30(13-7-27)39-47-37(28-8-2-25(3-9-28)31-14-17-34(20-40)43-22-31)46-38(48-39)29-10-4-26(5-11-29)32-15-18-35(21-41)44-23-32/h2-19,22-24H. The summed E-state index contributed by atoms with van der Waals surface area (Å²) >= 11 is 0. The first kappa shape index (κ1) is 29.3. The maximum absolute atomic E-state index is 9.08. The van der Waals surface area contributed by atoms with Crippen LogP contribution in [0.3, 0.4) is 0 Å². The zero-order chi connectivity index (χ0) is 32.9. The van der Waals surface area contributed by atoms with Crippen molar-refractivity contribution in [2.24, 2.45) is 0 Å². The van der Waals surface area contributed by atoms with Crippen LogP contribution in [0.25, 0.3) is 72.4 Å². The predicted molar refractivity (Wildman–Crippen MR) is 182 cm³/mol. The van der Waals surface area contributed by atoms with Crippen molar-refractivity contribution < 1.29 is 0 Å². The number of nitrogens with zero attached hydrogens (tertiary/aromatic N) is 9. The Bertz CT molecular complexity index is 2080. The molecule has 0 unspecified atom stereocenters. The van der Waals surface area contributed by atoms with E-state index in [-0.39, 0.29) is 0 Å². The van der Waals surface area contributed by atoms with Crippen LogP contribution in [-0.4, -0.2) is 29.9 Å². The van der Waals surface area contributed by atoms with Crippen molar-refractivity contribution in [3.05, 3.63) is 151 Å². The molecule has 0 bridgehead atoms. The lowest BCUT2D eigenvalue weighted by Crippen LogP contribution is -2.00. The number of nitriles is 2. The predicted octanol–water partition coefficient (Wildman–Crippen LogP) is 8.35. The molecule has 0 aliphatic rings. The van der Waals surface area contributed by atoms with Crippen LogP contribution >= 0.6 is 0 Å². The summed E-state index contributed by atoms with van der Waals surface area (Å²) in [4.78, 5) is 30.6. The minimum Gasteiger partial charge on any atom is -0.361 e. The molecule has 0 spiro atoms. The van der Waals surface area contributed by atoms with E-state index in [9.17, 15) is 0 Å². The molecule has 0 aliphatic heterocycles. The molecule has 0 saturated carbocycles. The number of pyridine rings is 3. The molecule has 0 saturated heterocycles. The van der Waals surface area contributed by atoms with Crippen LogP contribution in [0.15, 0.2) is 128 Å². The Morgan fingerprint density at radius 1 is 0.396 bits per heavy atom. The molecule has 0 atom stereocenters. The lowest BCUT2D eigenvalue weighted by atomic mass is 10.0. The van der Waals surface area contributed by atoms with E-state index >= 15 is 0 Å². The van der Waals surface area contributed by atoms with Gasteiger partial charge in [-0.05, 0) is 47.0 Å². The third-order valence-electron chi connectivity index (χ3n) is 7.68. The van der Waals surface area contributed by atoms with E-state index in [4.69, 9.17) is 32.0 Å². The molecular formula is C39H21N9. The molecule has 0 aliphatic carbocycles. The van der Waals surface area contributed by atoms with E-state index in [1.807, 2.05) is 103 Å². The van der Waals surface area contributed by atoms with Crippen LogP contribution < -0.4 is 0 Å². The van der Waals surface area contributed by atoms with Crippen LogP contribution in [0.4, 0.5) is 5.82 Å². The molecule has 0 radical (unpaired) electrons. The molecule has 9 nitrogen and oxygen atoms in total. The van der Waals surface area contributed by atoms with Crippen molar-refractivity contribution in [1.29, 1.82) is 10.5 Å². The van der Waals surface area contributed by atoms with Gasteiger partial charge in [0.15, 0.2) is 17.5 Å². The molecule has 0 amide bonds. The lowest BCUT2D eigenvalue weighted by Gasteiger charge is -2.10. The third-order valence-corrected chi connectivity index (χ3v) is 7.68. The maximum Gasteiger partial charge on any atom is 0.269 e. The van der Waals surface area contributed by atoms with Crippen LogP contribution in [0, 0.1) is 29.2 Å². The summed E-state index contributed by atoms with van der Waals surface area (Å²) in [5.41, 5.74) is 8.73. The first-order valence-electron chi connectivity index (χ1n) is 14.7. The minimum absolute atomic E-state index is 0.351. The van der Waals surface area contributed by atoms with Crippen LogP contribution in [0.2, 0.25) is 0 Å². The largest absolute Gasteiger partial charge is 0.361 e.